The van der Waals surface area contributed by atoms with Crippen LogP contribution in [0.25, 0.3) is 16.8 Å². The molecule has 7 heteroatoms. The van der Waals surface area contributed by atoms with Crippen LogP contribution in [0.3, 0.4) is 0 Å². The van der Waals surface area contributed by atoms with Gasteiger partial charge in [0.1, 0.15) is 5.70 Å². The molecule has 2 aliphatic heterocycles. The van der Waals surface area contributed by atoms with Crippen molar-refractivity contribution in [3.63, 3.8) is 0 Å². The van der Waals surface area contributed by atoms with E-state index in [1.54, 1.807) is 7.05 Å². The number of rotatable bonds is 4. The van der Waals surface area contributed by atoms with Gasteiger partial charge in [-0.15, -0.1) is 0 Å². The average Bonchev–Trinajstić information content (AvgIpc) is 3.27. The molecule has 0 atom stereocenters. The summed E-state index contributed by atoms with van der Waals surface area (Å²) in [7, 11) is 1.65. The van der Waals surface area contributed by atoms with E-state index in [4.69, 9.17) is 0 Å². The lowest BCUT2D eigenvalue weighted by Gasteiger charge is -2.34. The normalized spacial score (nSPS) is 20.9. The Morgan fingerprint density at radius 2 is 1.55 bits per heavy atom. The summed E-state index contributed by atoms with van der Waals surface area (Å²) in [4.78, 5) is 44.7. The van der Waals surface area contributed by atoms with Crippen molar-refractivity contribution in [1.29, 1.82) is 0 Å². The van der Waals surface area contributed by atoms with Crippen molar-refractivity contribution >= 4 is 17.4 Å². The maximum absolute atomic E-state index is 13.9. The van der Waals surface area contributed by atoms with Crippen molar-refractivity contribution in [3.8, 4) is 11.3 Å². The number of amides is 2. The highest BCUT2D eigenvalue weighted by molar-refractivity contribution is 6.36. The Hall–Kier alpha value is -3.09. The van der Waals surface area contributed by atoms with Crippen molar-refractivity contribution in [2.75, 3.05) is 13.1 Å². The summed E-state index contributed by atoms with van der Waals surface area (Å²) in [5, 5.41) is 3.14. The largest absolute Gasteiger partial charge is 0.366 e. The lowest BCUT2D eigenvalue weighted by molar-refractivity contribution is -0.141. The fraction of sp³-hybridized carbons (Fsp3) is 0.500. The van der Waals surface area contributed by atoms with E-state index in [0.717, 1.165) is 63.6 Å². The zero-order chi connectivity index (χ0) is 23.1. The summed E-state index contributed by atoms with van der Waals surface area (Å²) in [5.41, 5.74) is 2.15. The molecule has 7 nitrogen and oxygen atoms in total. The van der Waals surface area contributed by atoms with Crippen LogP contribution in [0, 0.1) is 5.92 Å². The Bertz CT molecular complexity index is 1150. The van der Waals surface area contributed by atoms with Gasteiger partial charge in [-0.05, 0) is 31.6 Å². The molecule has 1 saturated heterocycles. The minimum absolute atomic E-state index is 0.0852. The van der Waals surface area contributed by atoms with E-state index in [-0.39, 0.29) is 29.0 Å². The lowest BCUT2D eigenvalue weighted by Crippen LogP contribution is -2.44. The van der Waals surface area contributed by atoms with E-state index in [1.807, 2.05) is 30.3 Å². The summed E-state index contributed by atoms with van der Waals surface area (Å²) in [6.45, 7) is 3.67. The molecule has 2 fully saturated rings. The molecule has 1 aromatic carbocycles. The number of H-pyrrole nitrogens is 1. The number of piperidine rings is 1. The third-order valence-corrected chi connectivity index (χ3v) is 7.49. The number of aromatic nitrogens is 2. The number of nitrogens with zero attached hydrogens (tertiary/aromatic N) is 3. The van der Waals surface area contributed by atoms with E-state index in [0.29, 0.717) is 22.9 Å². The first kappa shape index (κ1) is 21.7. The Kier molecular flexibility index (Phi) is 5.72. The molecule has 0 unspecified atom stereocenters. The first-order chi connectivity index (χ1) is 16.0. The van der Waals surface area contributed by atoms with Crippen molar-refractivity contribution in [3.05, 3.63) is 51.9 Å². The van der Waals surface area contributed by atoms with Gasteiger partial charge in [0.25, 0.3) is 17.4 Å². The van der Waals surface area contributed by atoms with Crippen molar-refractivity contribution in [2.24, 2.45) is 13.0 Å². The smallest absolute Gasteiger partial charge is 0.278 e. The topological polar surface area (TPSA) is 78.4 Å². The number of hydrogen-bond acceptors (Lipinski definition) is 4. The summed E-state index contributed by atoms with van der Waals surface area (Å²) < 4.78 is 1.40. The Balaban J connectivity index is 1.68. The molecule has 1 aliphatic carbocycles. The van der Waals surface area contributed by atoms with Crippen LogP contribution >= 0.6 is 0 Å². The first-order valence-corrected chi connectivity index (χ1v) is 12.2. The Morgan fingerprint density at radius 1 is 0.879 bits per heavy atom. The van der Waals surface area contributed by atoms with Gasteiger partial charge < -0.3 is 4.90 Å². The van der Waals surface area contributed by atoms with Crippen LogP contribution in [0.5, 0.6) is 0 Å². The third kappa shape index (κ3) is 3.73. The molecule has 3 heterocycles. The van der Waals surface area contributed by atoms with Crippen molar-refractivity contribution in [1.82, 2.24) is 19.6 Å². The minimum atomic E-state index is -0.311. The molecule has 1 N–H and O–H groups in total. The van der Waals surface area contributed by atoms with Crippen LogP contribution in [0.1, 0.15) is 57.4 Å². The van der Waals surface area contributed by atoms with Gasteiger partial charge >= 0.3 is 0 Å². The van der Waals surface area contributed by atoms with Crippen LogP contribution in [0.4, 0.5) is 0 Å². The molecule has 5 rings (SSSR count). The number of imide groups is 1. The maximum atomic E-state index is 13.9. The summed E-state index contributed by atoms with van der Waals surface area (Å²) in [6, 6.07) is 9.47. The van der Waals surface area contributed by atoms with Crippen LogP contribution in [0.2, 0.25) is 0 Å². The van der Waals surface area contributed by atoms with Crippen molar-refractivity contribution < 1.29 is 9.59 Å². The fourth-order valence-corrected chi connectivity index (χ4v) is 5.55. The Morgan fingerprint density at radius 3 is 2.21 bits per heavy atom. The second-order valence-corrected chi connectivity index (χ2v) is 9.76. The lowest BCUT2D eigenvalue weighted by atomic mass is 9.94. The number of aryl methyl sites for hydroxylation is 1. The number of carbonyl (C=O) groups excluding carboxylic acids is 2. The van der Waals surface area contributed by atoms with E-state index in [2.05, 4.69) is 16.9 Å². The molecule has 0 radical (unpaired) electrons. The predicted octanol–water partition coefficient (Wildman–Crippen LogP) is 3.52. The number of nitrogens with one attached hydrogen (secondary N) is 1. The van der Waals surface area contributed by atoms with E-state index in [9.17, 15) is 14.4 Å². The van der Waals surface area contributed by atoms with Gasteiger partial charge in [0.05, 0.1) is 16.8 Å². The quantitative estimate of drug-likeness (QED) is 0.726. The fourth-order valence-electron chi connectivity index (χ4n) is 5.55. The minimum Gasteiger partial charge on any atom is -0.366 e. The number of aromatic amines is 1. The molecule has 1 aromatic heterocycles. The van der Waals surface area contributed by atoms with Gasteiger partial charge in [0.2, 0.25) is 0 Å². The van der Waals surface area contributed by atoms with Gasteiger partial charge in [0, 0.05) is 31.7 Å². The zero-order valence-electron chi connectivity index (χ0n) is 19.5. The molecule has 3 aliphatic rings. The third-order valence-electron chi connectivity index (χ3n) is 7.49. The van der Waals surface area contributed by atoms with E-state index >= 15 is 0 Å². The number of benzene rings is 1. The van der Waals surface area contributed by atoms with Gasteiger partial charge in [-0.25, -0.2) is 0 Å². The van der Waals surface area contributed by atoms with Crippen LogP contribution < -0.4 is 5.56 Å². The highest BCUT2D eigenvalue weighted by Gasteiger charge is 2.47. The molecule has 0 spiro atoms. The summed E-state index contributed by atoms with van der Waals surface area (Å²) in [5.74, 6) is 0.0556. The van der Waals surface area contributed by atoms with Gasteiger partial charge in [-0.1, -0.05) is 56.5 Å². The molecule has 174 valence electrons. The van der Waals surface area contributed by atoms with Crippen LogP contribution in [-0.2, 0) is 16.6 Å². The molecule has 33 heavy (non-hydrogen) atoms. The average molecular weight is 449 g/mol. The van der Waals surface area contributed by atoms with Crippen LogP contribution in [-0.4, -0.2) is 50.5 Å². The number of likely N-dealkylation sites (tertiary alicyclic amines) is 1. The second-order valence-electron chi connectivity index (χ2n) is 9.76. The highest BCUT2D eigenvalue weighted by atomic mass is 16.2. The Labute approximate surface area is 194 Å². The zero-order valence-corrected chi connectivity index (χ0v) is 19.5. The number of hydrogen-bond donors (Lipinski definition) is 1. The summed E-state index contributed by atoms with van der Waals surface area (Å²) >= 11 is 0. The van der Waals surface area contributed by atoms with Gasteiger partial charge in [-0.3, -0.25) is 29.1 Å². The molecule has 2 amide bonds. The monoisotopic (exact) mass is 448 g/mol. The standard InChI is InChI=1S/C26H32N4O3/c1-17-13-15-29(16-14-17)23-21(25(32)30(26(23)33)19-11-7-4-8-12-19)20-22(27-28(2)24(20)31)18-9-5-3-6-10-18/h3,5-6,9-10,17,19,27H,4,7-8,11-16H2,1-2H3. The predicted molar refractivity (Wildman–Crippen MR) is 127 cm³/mol. The number of carbonyl (C=O) groups is 2. The van der Waals surface area contributed by atoms with E-state index < -0.39 is 0 Å². The molecule has 1 saturated carbocycles. The second kappa shape index (κ2) is 8.69. The van der Waals surface area contributed by atoms with E-state index in [1.165, 1.54) is 9.58 Å². The SMILES string of the molecule is CC1CCN(C2=C(c3c(-c4ccccc4)[nH]n(C)c3=O)C(=O)N(C3CCCCC3)C2=O)CC1. The molecule has 2 aromatic rings. The van der Waals surface area contributed by atoms with Gasteiger partial charge in [0.15, 0.2) is 0 Å². The van der Waals surface area contributed by atoms with Gasteiger partial charge in [-0.2, -0.15) is 0 Å². The summed E-state index contributed by atoms with van der Waals surface area (Å²) in [6.07, 6.45) is 6.80. The first-order valence-electron chi connectivity index (χ1n) is 12.2. The maximum Gasteiger partial charge on any atom is 0.278 e. The molecular weight excluding hydrogens is 416 g/mol. The molecular formula is C26H32N4O3. The highest BCUT2D eigenvalue weighted by Crippen LogP contribution is 2.39. The van der Waals surface area contributed by atoms with Crippen LogP contribution in [0.15, 0.2) is 40.8 Å². The van der Waals surface area contributed by atoms with Crippen molar-refractivity contribution in [2.45, 2.75) is 57.9 Å². The molecule has 0 bridgehead atoms.